The molecule has 0 spiro atoms. The molecule has 2 aromatic carbocycles. The lowest BCUT2D eigenvalue weighted by Gasteiger charge is -2.38. The zero-order chi connectivity index (χ0) is 18.0. The summed E-state index contributed by atoms with van der Waals surface area (Å²) in [6.07, 6.45) is 0. The molecule has 1 saturated heterocycles. The van der Waals surface area contributed by atoms with Gasteiger partial charge in [0.15, 0.2) is 11.6 Å². The zero-order valence-electron chi connectivity index (χ0n) is 13.1. The molecule has 1 fully saturated rings. The largest absolute Gasteiger partial charge is 0.352 e. The van der Waals surface area contributed by atoms with Gasteiger partial charge >= 0.3 is 0 Å². The van der Waals surface area contributed by atoms with E-state index in [1.165, 1.54) is 17.0 Å². The van der Waals surface area contributed by atoms with Gasteiger partial charge in [0, 0.05) is 30.8 Å². The third-order valence-corrected chi connectivity index (χ3v) is 4.12. The second kappa shape index (κ2) is 6.96. The number of nitrogens with zero attached hydrogens (tertiary/aromatic N) is 1. The second-order valence-corrected chi connectivity index (χ2v) is 5.85. The number of hydrogen-bond donors (Lipinski definition) is 1. The first-order valence-electron chi connectivity index (χ1n) is 7.71. The number of likely N-dealkylation sites (tertiary alicyclic amines) is 1. The van der Waals surface area contributed by atoms with Crippen molar-refractivity contribution in [1.29, 1.82) is 0 Å². The third-order valence-electron chi connectivity index (χ3n) is 4.12. The van der Waals surface area contributed by atoms with Gasteiger partial charge in [0.1, 0.15) is 5.82 Å². The predicted octanol–water partition coefficient (Wildman–Crippen LogP) is 2.49. The molecule has 3 rings (SSSR count). The Labute approximate surface area is 142 Å². The molecule has 0 unspecified atom stereocenters. The Bertz CT molecular complexity index is 820. The van der Waals surface area contributed by atoms with Gasteiger partial charge in [0.05, 0.1) is 5.92 Å². The Kier molecular flexibility index (Phi) is 4.74. The van der Waals surface area contributed by atoms with Crippen molar-refractivity contribution in [2.45, 2.75) is 6.54 Å². The molecule has 1 heterocycles. The molecule has 0 aromatic heterocycles. The normalized spacial score (nSPS) is 14.1. The number of nitrogens with one attached hydrogen (secondary N) is 1. The number of amides is 2. The summed E-state index contributed by atoms with van der Waals surface area (Å²) in [7, 11) is 0. The molecule has 0 bridgehead atoms. The van der Waals surface area contributed by atoms with E-state index in [-0.39, 0.29) is 31.1 Å². The van der Waals surface area contributed by atoms with Crippen molar-refractivity contribution >= 4 is 11.8 Å². The highest BCUT2D eigenvalue weighted by atomic mass is 19.2. The molecule has 1 N–H and O–H groups in total. The monoisotopic (exact) mass is 348 g/mol. The molecule has 2 aromatic rings. The van der Waals surface area contributed by atoms with E-state index in [4.69, 9.17) is 0 Å². The average Bonchev–Trinajstić information content (AvgIpc) is 2.55. The van der Waals surface area contributed by atoms with E-state index >= 15 is 0 Å². The molecule has 25 heavy (non-hydrogen) atoms. The summed E-state index contributed by atoms with van der Waals surface area (Å²) < 4.78 is 39.6. The number of hydrogen-bond acceptors (Lipinski definition) is 2. The molecule has 2 amide bonds. The van der Waals surface area contributed by atoms with Crippen LogP contribution in [0, 0.1) is 23.4 Å². The fraction of sp³-hybridized carbons (Fsp3) is 0.222. The van der Waals surface area contributed by atoms with Crippen molar-refractivity contribution in [2.24, 2.45) is 5.92 Å². The Morgan fingerprint density at radius 1 is 1.00 bits per heavy atom. The van der Waals surface area contributed by atoms with Crippen molar-refractivity contribution in [1.82, 2.24) is 10.2 Å². The molecule has 130 valence electrons. The van der Waals surface area contributed by atoms with Crippen LogP contribution in [0.15, 0.2) is 42.5 Å². The minimum atomic E-state index is -1.09. The second-order valence-electron chi connectivity index (χ2n) is 5.85. The number of halogens is 3. The van der Waals surface area contributed by atoms with Crippen LogP contribution < -0.4 is 5.32 Å². The quantitative estimate of drug-likeness (QED) is 0.923. The topological polar surface area (TPSA) is 49.4 Å². The van der Waals surface area contributed by atoms with E-state index in [1.807, 2.05) is 0 Å². The Morgan fingerprint density at radius 3 is 2.40 bits per heavy atom. The maximum Gasteiger partial charge on any atom is 0.254 e. The fourth-order valence-corrected chi connectivity index (χ4v) is 2.59. The molecular weight excluding hydrogens is 333 g/mol. The molecule has 4 nitrogen and oxygen atoms in total. The summed E-state index contributed by atoms with van der Waals surface area (Å²) in [6, 6.07) is 9.06. The summed E-state index contributed by atoms with van der Waals surface area (Å²) in [5, 5.41) is 2.63. The van der Waals surface area contributed by atoms with Crippen molar-refractivity contribution in [3.8, 4) is 0 Å². The van der Waals surface area contributed by atoms with Crippen LogP contribution in [-0.4, -0.2) is 29.8 Å². The van der Waals surface area contributed by atoms with Crippen LogP contribution in [0.4, 0.5) is 13.2 Å². The summed E-state index contributed by atoms with van der Waals surface area (Å²) >= 11 is 0. The van der Waals surface area contributed by atoms with Gasteiger partial charge < -0.3 is 10.2 Å². The van der Waals surface area contributed by atoms with E-state index in [1.54, 1.807) is 18.2 Å². The number of carbonyl (C=O) groups is 2. The minimum Gasteiger partial charge on any atom is -0.352 e. The van der Waals surface area contributed by atoms with Crippen molar-refractivity contribution in [2.75, 3.05) is 13.1 Å². The Hall–Kier alpha value is -2.83. The van der Waals surface area contributed by atoms with Gasteiger partial charge in [0.2, 0.25) is 5.91 Å². The first-order chi connectivity index (χ1) is 12.0. The van der Waals surface area contributed by atoms with Crippen LogP contribution in [0.5, 0.6) is 0 Å². The summed E-state index contributed by atoms with van der Waals surface area (Å²) in [4.78, 5) is 25.5. The van der Waals surface area contributed by atoms with Crippen LogP contribution in [0.3, 0.4) is 0 Å². The SMILES string of the molecule is O=C(NCc1ccccc1F)C1CN(C(=O)c2ccc(F)c(F)c2)C1. The molecular formula is C18H15F3N2O2. The smallest absolute Gasteiger partial charge is 0.254 e. The lowest BCUT2D eigenvalue weighted by atomic mass is 9.97. The summed E-state index contributed by atoms with van der Waals surface area (Å²) in [5.41, 5.74) is 0.411. The van der Waals surface area contributed by atoms with Gasteiger partial charge in [0.25, 0.3) is 5.91 Å². The predicted molar refractivity (Wildman–Crippen MR) is 84.0 cm³/mol. The van der Waals surface area contributed by atoms with E-state index < -0.39 is 29.3 Å². The van der Waals surface area contributed by atoms with Gasteiger partial charge in [-0.15, -0.1) is 0 Å². The van der Waals surface area contributed by atoms with Crippen LogP contribution in [0.2, 0.25) is 0 Å². The molecule has 1 aliphatic heterocycles. The van der Waals surface area contributed by atoms with Crippen LogP contribution >= 0.6 is 0 Å². The van der Waals surface area contributed by atoms with E-state index in [0.29, 0.717) is 5.56 Å². The molecule has 0 radical (unpaired) electrons. The molecule has 1 aliphatic rings. The number of benzene rings is 2. The van der Waals surface area contributed by atoms with Gasteiger partial charge in [-0.3, -0.25) is 9.59 Å². The van der Waals surface area contributed by atoms with E-state index in [2.05, 4.69) is 5.32 Å². The van der Waals surface area contributed by atoms with Crippen LogP contribution in [0.1, 0.15) is 15.9 Å². The fourth-order valence-electron chi connectivity index (χ4n) is 2.59. The standard InChI is InChI=1S/C18H15F3N2O2/c19-14-4-2-1-3-12(14)8-22-17(24)13-9-23(10-13)18(25)11-5-6-15(20)16(21)7-11/h1-7,13H,8-10H2,(H,22,24). The number of carbonyl (C=O) groups excluding carboxylic acids is 2. The first-order valence-corrected chi connectivity index (χ1v) is 7.71. The van der Waals surface area contributed by atoms with Crippen LogP contribution in [-0.2, 0) is 11.3 Å². The highest BCUT2D eigenvalue weighted by Crippen LogP contribution is 2.20. The molecule has 0 aliphatic carbocycles. The maximum absolute atomic E-state index is 13.5. The molecule has 7 heteroatoms. The van der Waals surface area contributed by atoms with E-state index in [9.17, 15) is 22.8 Å². The first kappa shape index (κ1) is 17.0. The van der Waals surface area contributed by atoms with Crippen molar-refractivity contribution in [3.63, 3.8) is 0 Å². The van der Waals surface area contributed by atoms with Crippen molar-refractivity contribution < 1.29 is 22.8 Å². The summed E-state index contributed by atoms with van der Waals surface area (Å²) in [5.74, 6) is -3.65. The minimum absolute atomic E-state index is 0.0316. The van der Waals surface area contributed by atoms with Gasteiger partial charge in [-0.25, -0.2) is 13.2 Å². The maximum atomic E-state index is 13.5. The summed E-state index contributed by atoms with van der Waals surface area (Å²) in [6.45, 7) is 0.432. The van der Waals surface area contributed by atoms with Gasteiger partial charge in [-0.2, -0.15) is 0 Å². The average molecular weight is 348 g/mol. The lowest BCUT2D eigenvalue weighted by molar-refractivity contribution is -0.129. The number of rotatable bonds is 4. The highest BCUT2D eigenvalue weighted by Gasteiger charge is 2.36. The van der Waals surface area contributed by atoms with Crippen LogP contribution in [0.25, 0.3) is 0 Å². The van der Waals surface area contributed by atoms with Crippen molar-refractivity contribution in [3.05, 3.63) is 71.0 Å². The Morgan fingerprint density at radius 2 is 1.72 bits per heavy atom. The third kappa shape index (κ3) is 3.65. The van der Waals surface area contributed by atoms with Gasteiger partial charge in [-0.1, -0.05) is 18.2 Å². The Balaban J connectivity index is 1.51. The lowest BCUT2D eigenvalue weighted by Crippen LogP contribution is -2.55. The van der Waals surface area contributed by atoms with Gasteiger partial charge in [-0.05, 0) is 24.3 Å². The molecule has 0 atom stereocenters. The zero-order valence-corrected chi connectivity index (χ0v) is 13.1. The highest BCUT2D eigenvalue weighted by molar-refractivity contribution is 5.96. The molecule has 0 saturated carbocycles. The van der Waals surface area contributed by atoms with E-state index in [0.717, 1.165) is 12.1 Å².